The molecule has 0 aliphatic carbocycles. The van der Waals surface area contributed by atoms with E-state index in [0.717, 1.165) is 35.9 Å². The Bertz CT molecular complexity index is 675. The van der Waals surface area contributed by atoms with Gasteiger partial charge < -0.3 is 5.32 Å². The molecule has 21 heavy (non-hydrogen) atoms. The van der Waals surface area contributed by atoms with Crippen LogP contribution < -0.4 is 5.32 Å². The van der Waals surface area contributed by atoms with Gasteiger partial charge in [0, 0.05) is 22.4 Å². The van der Waals surface area contributed by atoms with Gasteiger partial charge in [0.15, 0.2) is 0 Å². The average molecular weight is 315 g/mol. The van der Waals surface area contributed by atoms with E-state index in [1.807, 2.05) is 11.6 Å². The molecule has 5 heteroatoms. The molecule has 3 aromatic rings. The van der Waals surface area contributed by atoms with E-state index < -0.39 is 0 Å². The van der Waals surface area contributed by atoms with Crippen LogP contribution in [-0.4, -0.2) is 16.5 Å². The number of rotatable bonds is 6. The molecule has 108 valence electrons. The zero-order valence-electron chi connectivity index (χ0n) is 11.9. The quantitative estimate of drug-likeness (QED) is 0.684. The first kappa shape index (κ1) is 14.4. The third kappa shape index (κ3) is 3.37. The fourth-order valence-electron chi connectivity index (χ4n) is 2.10. The van der Waals surface area contributed by atoms with Gasteiger partial charge in [-0.15, -0.1) is 22.7 Å². The van der Waals surface area contributed by atoms with Gasteiger partial charge in [-0.25, -0.2) is 9.97 Å². The van der Waals surface area contributed by atoms with Gasteiger partial charge in [-0.1, -0.05) is 37.3 Å². The lowest BCUT2D eigenvalue weighted by atomic mass is 10.1. The SMILES string of the molecule is CCCNCc1sc(-c2cscn2)nc1-c1ccccc1. The topological polar surface area (TPSA) is 37.8 Å². The lowest BCUT2D eigenvalue weighted by Gasteiger charge is -2.03. The van der Waals surface area contributed by atoms with Gasteiger partial charge >= 0.3 is 0 Å². The van der Waals surface area contributed by atoms with Gasteiger partial charge in [0.25, 0.3) is 0 Å². The monoisotopic (exact) mass is 315 g/mol. The first-order chi connectivity index (χ1) is 10.4. The summed E-state index contributed by atoms with van der Waals surface area (Å²) < 4.78 is 0. The van der Waals surface area contributed by atoms with E-state index in [4.69, 9.17) is 4.98 Å². The fourth-order valence-corrected chi connectivity index (χ4v) is 3.73. The molecule has 0 spiro atoms. The van der Waals surface area contributed by atoms with E-state index in [-0.39, 0.29) is 0 Å². The van der Waals surface area contributed by atoms with Crippen molar-refractivity contribution in [3.63, 3.8) is 0 Å². The molecule has 1 N–H and O–H groups in total. The second-order valence-electron chi connectivity index (χ2n) is 4.71. The summed E-state index contributed by atoms with van der Waals surface area (Å²) in [6, 6.07) is 10.4. The lowest BCUT2D eigenvalue weighted by Crippen LogP contribution is -2.13. The second kappa shape index (κ2) is 6.93. The van der Waals surface area contributed by atoms with Gasteiger partial charge in [0.1, 0.15) is 10.7 Å². The summed E-state index contributed by atoms with van der Waals surface area (Å²) in [6.45, 7) is 4.07. The minimum absolute atomic E-state index is 0.861. The van der Waals surface area contributed by atoms with Crippen molar-refractivity contribution in [2.24, 2.45) is 0 Å². The highest BCUT2D eigenvalue weighted by atomic mass is 32.1. The fraction of sp³-hybridized carbons (Fsp3) is 0.250. The van der Waals surface area contributed by atoms with E-state index in [1.54, 1.807) is 22.7 Å². The van der Waals surface area contributed by atoms with Crippen LogP contribution in [0.2, 0.25) is 0 Å². The summed E-state index contributed by atoms with van der Waals surface area (Å²) in [7, 11) is 0. The number of hydrogen-bond donors (Lipinski definition) is 1. The van der Waals surface area contributed by atoms with Gasteiger partial charge in [-0.2, -0.15) is 0 Å². The number of hydrogen-bond acceptors (Lipinski definition) is 5. The second-order valence-corrected chi connectivity index (χ2v) is 6.51. The molecule has 0 aliphatic heterocycles. The van der Waals surface area contributed by atoms with Gasteiger partial charge in [-0.05, 0) is 13.0 Å². The number of benzene rings is 1. The predicted octanol–water partition coefficient (Wildman–Crippen LogP) is 4.43. The van der Waals surface area contributed by atoms with Crippen LogP contribution >= 0.6 is 22.7 Å². The maximum atomic E-state index is 4.82. The maximum Gasteiger partial charge on any atom is 0.143 e. The molecule has 0 bridgehead atoms. The summed E-state index contributed by atoms with van der Waals surface area (Å²) in [5, 5.41) is 6.53. The Hall–Kier alpha value is -1.56. The molecule has 2 aromatic heterocycles. The molecule has 0 aliphatic rings. The molecular weight excluding hydrogens is 298 g/mol. The molecule has 0 amide bonds. The Kier molecular flexibility index (Phi) is 4.75. The highest BCUT2D eigenvalue weighted by Gasteiger charge is 2.14. The van der Waals surface area contributed by atoms with Gasteiger partial charge in [0.2, 0.25) is 0 Å². The van der Waals surface area contributed by atoms with Crippen LogP contribution in [0, 0.1) is 0 Å². The van der Waals surface area contributed by atoms with Gasteiger partial charge in [-0.3, -0.25) is 0 Å². The Morgan fingerprint density at radius 3 is 2.76 bits per heavy atom. The van der Waals surface area contributed by atoms with Crippen molar-refractivity contribution in [2.45, 2.75) is 19.9 Å². The van der Waals surface area contributed by atoms with Crippen LogP contribution in [0.25, 0.3) is 22.0 Å². The van der Waals surface area contributed by atoms with E-state index in [2.05, 4.69) is 46.9 Å². The minimum atomic E-state index is 0.861. The van der Waals surface area contributed by atoms with Gasteiger partial charge in [0.05, 0.1) is 11.2 Å². The summed E-state index contributed by atoms with van der Waals surface area (Å²) in [5.74, 6) is 0. The molecule has 0 fully saturated rings. The molecule has 0 atom stereocenters. The molecule has 3 nitrogen and oxygen atoms in total. The lowest BCUT2D eigenvalue weighted by molar-refractivity contribution is 0.681. The molecule has 0 saturated heterocycles. The molecule has 0 saturated carbocycles. The van der Waals surface area contributed by atoms with Crippen LogP contribution in [0.5, 0.6) is 0 Å². The number of nitrogens with one attached hydrogen (secondary N) is 1. The van der Waals surface area contributed by atoms with E-state index in [9.17, 15) is 0 Å². The van der Waals surface area contributed by atoms with Crippen molar-refractivity contribution in [2.75, 3.05) is 6.54 Å². The van der Waals surface area contributed by atoms with Crippen molar-refractivity contribution in [3.8, 4) is 22.0 Å². The van der Waals surface area contributed by atoms with E-state index in [0.29, 0.717) is 0 Å². The summed E-state index contributed by atoms with van der Waals surface area (Å²) in [5.41, 5.74) is 5.08. The van der Waals surface area contributed by atoms with Crippen molar-refractivity contribution < 1.29 is 0 Å². The third-order valence-corrected chi connectivity index (χ3v) is 4.77. The highest BCUT2D eigenvalue weighted by Crippen LogP contribution is 2.33. The largest absolute Gasteiger partial charge is 0.312 e. The number of nitrogens with zero attached hydrogens (tertiary/aromatic N) is 2. The standard InChI is InChI=1S/C16H17N3S2/c1-2-8-17-9-14-15(12-6-4-3-5-7-12)19-16(21-14)13-10-20-11-18-13/h3-7,10-11,17H,2,8-9H2,1H3. The van der Waals surface area contributed by atoms with Crippen molar-refractivity contribution in [1.29, 1.82) is 0 Å². The van der Waals surface area contributed by atoms with E-state index >= 15 is 0 Å². The zero-order valence-corrected chi connectivity index (χ0v) is 13.5. The molecular formula is C16H17N3S2. The molecule has 0 unspecified atom stereocenters. The van der Waals surface area contributed by atoms with Crippen LogP contribution in [-0.2, 0) is 6.54 Å². The first-order valence-electron chi connectivity index (χ1n) is 7.03. The molecule has 1 aromatic carbocycles. The summed E-state index contributed by atoms with van der Waals surface area (Å²) in [4.78, 5) is 10.5. The first-order valence-corrected chi connectivity index (χ1v) is 8.79. The van der Waals surface area contributed by atoms with Crippen molar-refractivity contribution in [3.05, 3.63) is 46.1 Å². The van der Waals surface area contributed by atoms with Crippen molar-refractivity contribution >= 4 is 22.7 Å². The van der Waals surface area contributed by atoms with Crippen LogP contribution in [0.3, 0.4) is 0 Å². The van der Waals surface area contributed by atoms with Crippen LogP contribution in [0.4, 0.5) is 0 Å². The Labute approximate surface area is 132 Å². The summed E-state index contributed by atoms with van der Waals surface area (Å²) in [6.07, 6.45) is 1.14. The number of thiazole rings is 2. The van der Waals surface area contributed by atoms with E-state index in [1.165, 1.54) is 10.4 Å². The van der Waals surface area contributed by atoms with Crippen molar-refractivity contribution in [1.82, 2.24) is 15.3 Å². The smallest absolute Gasteiger partial charge is 0.143 e. The molecule has 2 heterocycles. The van der Waals surface area contributed by atoms with Crippen LogP contribution in [0.15, 0.2) is 41.2 Å². The third-order valence-electron chi connectivity index (χ3n) is 3.11. The Morgan fingerprint density at radius 1 is 1.19 bits per heavy atom. The average Bonchev–Trinajstić information content (AvgIpc) is 3.18. The normalized spacial score (nSPS) is 10.9. The molecule has 3 rings (SSSR count). The Morgan fingerprint density at radius 2 is 2.05 bits per heavy atom. The summed E-state index contributed by atoms with van der Waals surface area (Å²) >= 11 is 3.34. The maximum absolute atomic E-state index is 4.82. The highest BCUT2D eigenvalue weighted by molar-refractivity contribution is 7.16. The zero-order chi connectivity index (χ0) is 14.5. The predicted molar refractivity (Wildman–Crippen MR) is 90.7 cm³/mol. The minimum Gasteiger partial charge on any atom is -0.312 e. The van der Waals surface area contributed by atoms with Crippen LogP contribution in [0.1, 0.15) is 18.2 Å². The molecule has 0 radical (unpaired) electrons. The number of aromatic nitrogens is 2. The Balaban J connectivity index is 1.96.